The minimum absolute atomic E-state index is 0.0822. The minimum atomic E-state index is -0.364. The summed E-state index contributed by atoms with van der Waals surface area (Å²) < 4.78 is 7.25. The molecule has 4 fully saturated rings. The van der Waals surface area contributed by atoms with Crippen LogP contribution >= 0.6 is 21.6 Å². The van der Waals surface area contributed by atoms with Crippen molar-refractivity contribution in [1.29, 1.82) is 0 Å². The molecule has 0 radical (unpaired) electrons. The maximum Gasteiger partial charge on any atom is 0.225 e. The highest BCUT2D eigenvalue weighted by Gasteiger charge is 2.62. The van der Waals surface area contributed by atoms with Gasteiger partial charge in [0.15, 0.2) is 0 Å². The van der Waals surface area contributed by atoms with Crippen LogP contribution in [0.3, 0.4) is 0 Å². The maximum atomic E-state index is 13.8. The summed E-state index contributed by atoms with van der Waals surface area (Å²) in [5.74, 6) is 4.78. The van der Waals surface area contributed by atoms with Crippen molar-refractivity contribution in [3.05, 3.63) is 22.8 Å². The molecule has 0 aromatic carbocycles. The van der Waals surface area contributed by atoms with Crippen LogP contribution in [0.2, 0.25) is 0 Å². The molecule has 6 aliphatic rings. The zero-order chi connectivity index (χ0) is 43.7. The minimum Gasteiger partial charge on any atom is -0.393 e. The summed E-state index contributed by atoms with van der Waals surface area (Å²) in [4.78, 5) is 28.1. The number of allylic oxidation sites excluding steroid dienone is 2. The number of nitrogens with zero attached hydrogens (tertiary/aromatic N) is 1. The molecule has 2 aliphatic heterocycles. The second-order valence-electron chi connectivity index (χ2n) is 17.8. The van der Waals surface area contributed by atoms with Crippen molar-refractivity contribution >= 4 is 33.4 Å². The molecule has 2 saturated heterocycles. The van der Waals surface area contributed by atoms with Gasteiger partial charge in [-0.25, -0.2) is 0 Å². The van der Waals surface area contributed by atoms with Gasteiger partial charge in [0.1, 0.15) is 0 Å². The summed E-state index contributed by atoms with van der Waals surface area (Å²) in [6.45, 7) is 35.7. The van der Waals surface area contributed by atoms with Crippen molar-refractivity contribution in [2.45, 2.75) is 199 Å². The van der Waals surface area contributed by atoms with Gasteiger partial charge in [-0.15, -0.1) is 0 Å². The number of carbonyl (C=O) groups is 2. The highest BCUT2D eigenvalue weighted by molar-refractivity contribution is 8.76. The summed E-state index contributed by atoms with van der Waals surface area (Å²) in [7, 11) is 3.48. The quantitative estimate of drug-likeness (QED) is 0.133. The summed E-state index contributed by atoms with van der Waals surface area (Å²) in [5.41, 5.74) is 9.17. The van der Waals surface area contributed by atoms with E-state index in [1.807, 2.05) is 69.2 Å². The molecule has 4 aliphatic carbocycles. The fourth-order valence-corrected chi connectivity index (χ4v) is 12.4. The van der Waals surface area contributed by atoms with E-state index in [2.05, 4.69) is 57.8 Å². The zero-order valence-corrected chi connectivity index (χ0v) is 41.4. The molecular formula is C48H91N3O4S2. The SMILES string of the molecule is CC.CC.CC.CC1=C2CC3C(CC=C4CC(O)CCC43C)C2CCC12OC1CC(C)CN(C(=O)CCSSCCNC(=O)C(C)(C)C)C1[C@@H]2C.CCC.CCN. The van der Waals surface area contributed by atoms with Crippen molar-refractivity contribution in [2.75, 3.05) is 31.1 Å². The Bertz CT molecular complexity index is 1260. The molecule has 9 heteroatoms. The van der Waals surface area contributed by atoms with E-state index in [0.29, 0.717) is 30.7 Å². The van der Waals surface area contributed by atoms with Crippen LogP contribution in [0.25, 0.3) is 0 Å². The lowest BCUT2D eigenvalue weighted by Gasteiger charge is -2.49. The molecule has 1 spiro atoms. The van der Waals surface area contributed by atoms with Crippen LogP contribution in [0.5, 0.6) is 0 Å². The average molecular weight is 838 g/mol. The predicted molar refractivity (Wildman–Crippen MR) is 250 cm³/mol. The lowest BCUT2D eigenvalue weighted by molar-refractivity contribution is -0.139. The molecule has 10 atom stereocenters. The van der Waals surface area contributed by atoms with E-state index < -0.39 is 0 Å². The van der Waals surface area contributed by atoms with Gasteiger partial charge in [0.05, 0.1) is 23.9 Å². The van der Waals surface area contributed by atoms with Crippen molar-refractivity contribution in [2.24, 2.45) is 46.2 Å². The molecule has 2 amide bonds. The van der Waals surface area contributed by atoms with Gasteiger partial charge in [-0.2, -0.15) is 0 Å². The number of amides is 2. The molecular weight excluding hydrogens is 747 g/mol. The molecule has 9 unspecified atom stereocenters. The third kappa shape index (κ3) is 13.0. The first-order valence-corrected chi connectivity index (χ1v) is 25.9. The average Bonchev–Trinajstić information content (AvgIpc) is 3.71. The summed E-state index contributed by atoms with van der Waals surface area (Å²) >= 11 is 0. The Morgan fingerprint density at radius 2 is 1.60 bits per heavy atom. The van der Waals surface area contributed by atoms with Crippen LogP contribution in [0.4, 0.5) is 0 Å². The number of aliphatic hydroxyl groups is 1. The van der Waals surface area contributed by atoms with Crippen molar-refractivity contribution in [3.8, 4) is 0 Å². The van der Waals surface area contributed by atoms with Gasteiger partial charge in [0.25, 0.3) is 0 Å². The van der Waals surface area contributed by atoms with Gasteiger partial charge < -0.3 is 25.8 Å². The van der Waals surface area contributed by atoms with E-state index >= 15 is 0 Å². The first kappa shape index (κ1) is 54.0. The third-order valence-corrected chi connectivity index (χ3v) is 15.4. The Morgan fingerprint density at radius 3 is 2.19 bits per heavy atom. The first-order chi connectivity index (χ1) is 27.1. The van der Waals surface area contributed by atoms with Gasteiger partial charge in [0.2, 0.25) is 11.8 Å². The first-order valence-electron chi connectivity index (χ1n) is 23.4. The smallest absolute Gasteiger partial charge is 0.225 e. The number of likely N-dealkylation sites (tertiary alicyclic amines) is 1. The van der Waals surface area contributed by atoms with Gasteiger partial charge in [-0.1, -0.05) is 149 Å². The number of hydrogen-bond donors (Lipinski definition) is 3. The lowest BCUT2D eigenvalue weighted by atomic mass is 9.56. The lowest BCUT2D eigenvalue weighted by Crippen LogP contribution is -2.54. The van der Waals surface area contributed by atoms with Crippen LogP contribution in [0.1, 0.15) is 175 Å². The van der Waals surface area contributed by atoms with E-state index in [1.165, 1.54) is 36.8 Å². The van der Waals surface area contributed by atoms with E-state index in [4.69, 9.17) is 10.5 Å². The number of ether oxygens (including phenoxy) is 1. The molecule has 2 saturated carbocycles. The van der Waals surface area contributed by atoms with Crippen molar-refractivity contribution in [3.63, 3.8) is 0 Å². The van der Waals surface area contributed by atoms with Crippen LogP contribution < -0.4 is 11.1 Å². The second-order valence-corrected chi connectivity index (χ2v) is 20.5. The molecule has 6 rings (SSSR count). The Morgan fingerprint density at radius 1 is 1.00 bits per heavy atom. The molecule has 7 nitrogen and oxygen atoms in total. The van der Waals surface area contributed by atoms with Gasteiger partial charge in [-0.05, 0) is 99.5 Å². The maximum absolute atomic E-state index is 13.8. The van der Waals surface area contributed by atoms with Gasteiger partial charge in [0, 0.05) is 42.3 Å². The normalized spacial score (nSPS) is 33.2. The van der Waals surface area contributed by atoms with E-state index in [-0.39, 0.29) is 52.4 Å². The summed E-state index contributed by atoms with van der Waals surface area (Å²) in [6.07, 6.45) is 12.8. The molecule has 2 heterocycles. The topological polar surface area (TPSA) is 105 Å². The van der Waals surface area contributed by atoms with Crippen molar-refractivity contribution < 1.29 is 19.4 Å². The molecule has 334 valence electrons. The number of nitrogens with one attached hydrogen (secondary N) is 1. The summed E-state index contributed by atoms with van der Waals surface area (Å²) in [6, 6.07) is 0.153. The molecule has 4 N–H and O–H groups in total. The molecule has 57 heavy (non-hydrogen) atoms. The Hall–Kier alpha value is -1.00. The predicted octanol–water partition coefficient (Wildman–Crippen LogP) is 11.6. The van der Waals surface area contributed by atoms with Gasteiger partial charge >= 0.3 is 0 Å². The highest BCUT2D eigenvalue weighted by atomic mass is 33.1. The fraction of sp³-hybridized carbons (Fsp3) is 0.875. The number of hydrogen-bond acceptors (Lipinski definition) is 7. The second kappa shape index (κ2) is 25.7. The number of rotatable bonds is 7. The number of fused-ring (bicyclic) bond motifs is 6. The van der Waals surface area contributed by atoms with Crippen LogP contribution in [-0.4, -0.2) is 76.8 Å². The van der Waals surface area contributed by atoms with Crippen LogP contribution in [0.15, 0.2) is 22.8 Å². The van der Waals surface area contributed by atoms with Crippen LogP contribution in [0, 0.1) is 40.4 Å². The third-order valence-electron chi connectivity index (χ3n) is 13.0. The fourth-order valence-electron chi connectivity index (χ4n) is 10.5. The molecule has 0 aromatic heterocycles. The Balaban J connectivity index is 0.00000122. The summed E-state index contributed by atoms with van der Waals surface area (Å²) in [5, 5.41) is 13.4. The Kier molecular flexibility index (Phi) is 24.4. The number of nitrogens with two attached hydrogens (primary N) is 1. The van der Waals surface area contributed by atoms with Crippen LogP contribution in [-0.2, 0) is 14.3 Å². The molecule has 0 bridgehead atoms. The number of piperidine rings is 1. The number of carbonyl (C=O) groups excluding carboxylic acids is 2. The Labute approximate surface area is 360 Å². The largest absolute Gasteiger partial charge is 0.393 e. The van der Waals surface area contributed by atoms with E-state index in [9.17, 15) is 14.7 Å². The standard InChI is InChI=1S/C37H58N2O4S2.C3H8.C2H7N.3C2H6/c1-22-18-31-33(39(21-22)32(41)12-16-44-45-17-15-38-34(42)35(4,5)6)24(3)37(43-31)14-11-27-28-9-8-25-19-26(40)10-13-36(25,7)30(28)20-29(27)23(37)2;1-3-2;1-2-3;3*1-2/h8,22,24,26-28,30-31,33,40H,9-21H2,1-7H3,(H,38,42);3H2,1-2H3;2-3H2,1H3;3*1-2H3/t22?,24-,26?,27?,28?,30?,31?,33?,36?,37?;;;;;/m0...../s1. The van der Waals surface area contributed by atoms with Gasteiger partial charge in [-0.3, -0.25) is 9.59 Å². The number of aliphatic hydroxyl groups excluding tert-OH is 1. The van der Waals surface area contributed by atoms with Crippen molar-refractivity contribution in [1.82, 2.24) is 10.2 Å². The monoisotopic (exact) mass is 838 g/mol. The molecule has 0 aromatic rings. The van der Waals surface area contributed by atoms with E-state index in [1.54, 1.807) is 27.2 Å². The highest BCUT2D eigenvalue weighted by Crippen LogP contribution is 2.65. The zero-order valence-electron chi connectivity index (χ0n) is 39.8. The van der Waals surface area contributed by atoms with E-state index in [0.717, 1.165) is 62.6 Å².